The first-order chi connectivity index (χ1) is 8.09. The lowest BCUT2D eigenvalue weighted by Gasteiger charge is -1.96. The van der Waals surface area contributed by atoms with Crippen molar-refractivity contribution in [3.63, 3.8) is 0 Å². The Morgan fingerprint density at radius 3 is 1.59 bits per heavy atom. The van der Waals surface area contributed by atoms with Crippen molar-refractivity contribution in [1.29, 1.82) is 0 Å². The quantitative estimate of drug-likeness (QED) is 0.539. The number of hydrogen-bond acceptors (Lipinski definition) is 1. The van der Waals surface area contributed by atoms with Crippen LogP contribution in [0.2, 0.25) is 10.0 Å². The molecular weight excluding hydrogens is 255 g/mol. The molecule has 1 heterocycles. The molecule has 3 rings (SSSR count). The largest absolute Gasteiger partial charge is 0.455 e. The molecule has 3 heteroatoms. The topological polar surface area (TPSA) is 13.1 Å². The van der Waals surface area contributed by atoms with Crippen LogP contribution < -0.4 is 0 Å². The van der Waals surface area contributed by atoms with Gasteiger partial charge in [0, 0.05) is 31.9 Å². The fraction of sp³-hybridized carbons (Fsp3) is 0. The Bertz CT molecular complexity index is 679. The van der Waals surface area contributed by atoms with Crippen molar-refractivity contribution < 1.29 is 4.42 Å². The van der Waals surface area contributed by atoms with Crippen molar-refractivity contribution >= 4 is 45.1 Å². The molecule has 0 amide bonds. The second-order valence-corrected chi connectivity index (χ2v) is 4.72. The molecule has 0 aliphatic heterocycles. The molecule has 1 aromatic heterocycles. The molecule has 0 saturated carbocycles. The van der Waals surface area contributed by atoms with Crippen LogP contribution in [0.3, 0.4) is 0 Å². The number of fused-ring (bicyclic) bond motifs is 3. The molecule has 0 atom stereocenters. The van der Waals surface area contributed by atoms with E-state index in [1.54, 1.807) is 0 Å². The van der Waals surface area contributed by atoms with Gasteiger partial charge in [-0.25, -0.2) is 0 Å². The number of hydrogen-bond donors (Lipinski definition) is 0. The van der Waals surface area contributed by atoms with Crippen molar-refractivity contribution in [1.82, 2.24) is 0 Å². The Kier molecular flexibility index (Phi) is 2.35. The van der Waals surface area contributed by atoms with Crippen molar-refractivity contribution in [3.05, 3.63) is 59.3 Å². The number of rotatable bonds is 0. The van der Waals surface area contributed by atoms with Crippen LogP contribution >= 0.6 is 23.2 Å². The van der Waals surface area contributed by atoms with Crippen LogP contribution in [-0.4, -0.2) is 0 Å². The van der Waals surface area contributed by atoms with Gasteiger partial charge in [-0.05, 0) is 38.1 Å². The summed E-state index contributed by atoms with van der Waals surface area (Å²) >= 11 is 12.0. The predicted octanol–water partition coefficient (Wildman–Crippen LogP) is 5.26. The summed E-state index contributed by atoms with van der Waals surface area (Å²) in [6, 6.07) is 7.48. The van der Waals surface area contributed by atoms with Gasteiger partial charge in [0.2, 0.25) is 0 Å². The Hall–Kier alpha value is -1.18. The van der Waals surface area contributed by atoms with E-state index >= 15 is 0 Å². The highest BCUT2D eigenvalue weighted by molar-refractivity contribution is 6.33. The minimum Gasteiger partial charge on any atom is -0.455 e. The van der Waals surface area contributed by atoms with Crippen LogP contribution in [0.15, 0.2) is 28.7 Å². The van der Waals surface area contributed by atoms with Gasteiger partial charge in [-0.1, -0.05) is 23.2 Å². The lowest BCUT2D eigenvalue weighted by Crippen LogP contribution is -1.75. The van der Waals surface area contributed by atoms with Crippen LogP contribution in [0.25, 0.3) is 21.9 Å². The maximum atomic E-state index is 6.02. The molecule has 2 aromatic carbocycles. The van der Waals surface area contributed by atoms with E-state index in [2.05, 4.69) is 13.8 Å². The summed E-state index contributed by atoms with van der Waals surface area (Å²) in [4.78, 5) is 0. The van der Waals surface area contributed by atoms with Gasteiger partial charge in [-0.15, -0.1) is 0 Å². The van der Waals surface area contributed by atoms with E-state index in [1.807, 2.05) is 24.3 Å². The first-order valence-electron chi connectivity index (χ1n) is 5.06. The molecule has 17 heavy (non-hydrogen) atoms. The van der Waals surface area contributed by atoms with Crippen molar-refractivity contribution in [3.8, 4) is 0 Å². The molecule has 0 spiro atoms. The fourth-order valence-corrected chi connectivity index (χ4v) is 2.26. The molecular formula is C14H8Cl2O. The van der Waals surface area contributed by atoms with Crippen molar-refractivity contribution in [2.45, 2.75) is 0 Å². The van der Waals surface area contributed by atoms with Crippen LogP contribution in [0.5, 0.6) is 0 Å². The molecule has 0 bridgehead atoms. The van der Waals surface area contributed by atoms with Gasteiger partial charge in [0.25, 0.3) is 0 Å². The molecule has 2 radical (unpaired) electrons. The summed E-state index contributed by atoms with van der Waals surface area (Å²) in [6.07, 6.45) is 0. The molecule has 0 saturated heterocycles. The Morgan fingerprint density at radius 2 is 1.18 bits per heavy atom. The summed E-state index contributed by atoms with van der Waals surface area (Å²) in [5, 5.41) is 3.15. The monoisotopic (exact) mass is 262 g/mol. The summed E-state index contributed by atoms with van der Waals surface area (Å²) in [7, 11) is 0. The Morgan fingerprint density at radius 1 is 0.765 bits per heavy atom. The second kappa shape index (κ2) is 3.66. The van der Waals surface area contributed by atoms with Crippen molar-refractivity contribution in [2.75, 3.05) is 0 Å². The van der Waals surface area contributed by atoms with Crippen LogP contribution in [-0.2, 0) is 0 Å². The summed E-state index contributed by atoms with van der Waals surface area (Å²) < 4.78 is 5.78. The summed E-state index contributed by atoms with van der Waals surface area (Å²) in [5.74, 6) is 0. The van der Waals surface area contributed by atoms with E-state index in [4.69, 9.17) is 27.6 Å². The average Bonchev–Trinajstić information content (AvgIpc) is 2.69. The molecule has 0 fully saturated rings. The number of benzene rings is 2. The van der Waals surface area contributed by atoms with E-state index in [-0.39, 0.29) is 0 Å². The molecule has 84 valence electrons. The molecule has 0 unspecified atom stereocenters. The van der Waals surface area contributed by atoms with Gasteiger partial charge in [0.1, 0.15) is 11.2 Å². The molecule has 1 nitrogen and oxygen atoms in total. The van der Waals surface area contributed by atoms with E-state index in [0.29, 0.717) is 32.3 Å². The zero-order valence-electron chi connectivity index (χ0n) is 8.89. The Balaban J connectivity index is 2.58. The van der Waals surface area contributed by atoms with Gasteiger partial charge < -0.3 is 4.42 Å². The molecule has 0 aliphatic rings. The molecule has 0 aliphatic carbocycles. The first kappa shape index (κ1) is 10.9. The van der Waals surface area contributed by atoms with Gasteiger partial charge >= 0.3 is 0 Å². The lowest BCUT2D eigenvalue weighted by molar-refractivity contribution is 0.665. The van der Waals surface area contributed by atoms with E-state index in [9.17, 15) is 0 Å². The predicted molar refractivity (Wildman–Crippen MR) is 72.7 cm³/mol. The van der Waals surface area contributed by atoms with Crippen LogP contribution in [0.1, 0.15) is 11.1 Å². The SMILES string of the molecule is [CH2]c1c(Cl)ccc2c1oc1c([CH2])c(Cl)ccc12. The zero-order chi connectivity index (χ0) is 12.2. The van der Waals surface area contributed by atoms with Gasteiger partial charge in [0.15, 0.2) is 0 Å². The smallest absolute Gasteiger partial charge is 0.140 e. The van der Waals surface area contributed by atoms with E-state index in [0.717, 1.165) is 10.8 Å². The fourth-order valence-electron chi connectivity index (χ4n) is 1.97. The summed E-state index contributed by atoms with van der Waals surface area (Å²) in [5.41, 5.74) is 2.77. The first-order valence-corrected chi connectivity index (χ1v) is 5.82. The average molecular weight is 263 g/mol. The number of halogens is 2. The van der Waals surface area contributed by atoms with Gasteiger partial charge in [-0.3, -0.25) is 0 Å². The minimum atomic E-state index is 0.591. The molecule has 3 aromatic rings. The summed E-state index contributed by atoms with van der Waals surface area (Å²) in [6.45, 7) is 7.83. The van der Waals surface area contributed by atoms with Crippen LogP contribution in [0.4, 0.5) is 0 Å². The third-order valence-electron chi connectivity index (χ3n) is 2.90. The standard InChI is InChI=1S/C14H8Cl2O/c1-7-11(15)5-3-9-10-4-6-12(16)8(2)14(10)17-13(7)9/h3-6H,1-2H2. The lowest BCUT2D eigenvalue weighted by atomic mass is 10.1. The highest BCUT2D eigenvalue weighted by Crippen LogP contribution is 2.36. The van der Waals surface area contributed by atoms with Gasteiger partial charge in [0.05, 0.1) is 0 Å². The normalized spacial score (nSPS) is 11.5. The van der Waals surface area contributed by atoms with E-state index < -0.39 is 0 Å². The van der Waals surface area contributed by atoms with E-state index in [1.165, 1.54) is 0 Å². The van der Waals surface area contributed by atoms with Crippen molar-refractivity contribution in [2.24, 2.45) is 0 Å². The third kappa shape index (κ3) is 1.46. The highest BCUT2D eigenvalue weighted by atomic mass is 35.5. The highest BCUT2D eigenvalue weighted by Gasteiger charge is 2.13. The maximum Gasteiger partial charge on any atom is 0.140 e. The molecule has 0 N–H and O–H groups in total. The minimum absolute atomic E-state index is 0.591. The maximum absolute atomic E-state index is 6.02. The van der Waals surface area contributed by atoms with Gasteiger partial charge in [-0.2, -0.15) is 0 Å². The second-order valence-electron chi connectivity index (χ2n) is 3.91. The number of furan rings is 1. The zero-order valence-corrected chi connectivity index (χ0v) is 10.4. The van der Waals surface area contributed by atoms with Crippen LogP contribution in [0, 0.1) is 13.8 Å². The third-order valence-corrected chi connectivity index (χ3v) is 3.61. The Labute approximate surface area is 109 Å².